The number of ether oxygens (including phenoxy) is 1. The van der Waals surface area contributed by atoms with Gasteiger partial charge in [-0.1, -0.05) is 0 Å². The van der Waals surface area contributed by atoms with E-state index in [0.717, 1.165) is 0 Å². The van der Waals surface area contributed by atoms with Gasteiger partial charge in [-0.3, -0.25) is 0 Å². The summed E-state index contributed by atoms with van der Waals surface area (Å²) in [7, 11) is 0. The molecule has 0 bridgehead atoms. The Hall–Kier alpha value is -0.710. The summed E-state index contributed by atoms with van der Waals surface area (Å²) in [5.41, 5.74) is 0. The van der Waals surface area contributed by atoms with E-state index in [2.05, 4.69) is 4.74 Å². The predicted molar refractivity (Wildman–Crippen MR) is 26.9 cm³/mol. The normalized spacial score (nSPS) is 30.4. The van der Waals surface area contributed by atoms with Gasteiger partial charge in [-0.25, -0.2) is 13.6 Å². The van der Waals surface area contributed by atoms with Crippen LogP contribution in [0.3, 0.4) is 0 Å². The van der Waals surface area contributed by atoms with Crippen LogP contribution in [0.25, 0.3) is 0 Å². The smallest absolute Gasteiger partial charge is 0.339 e. The molecule has 1 aliphatic heterocycles. The molecule has 5 heteroatoms. The number of carbonyl (C=O) groups is 1. The molecule has 0 unspecified atom stereocenters. The Labute approximate surface area is 55.6 Å². The SMILES string of the molecule is O=C(O)[C@H]1OCCC1(F)F. The molecule has 1 heterocycles. The lowest BCUT2D eigenvalue weighted by atomic mass is 10.2. The summed E-state index contributed by atoms with van der Waals surface area (Å²) in [6, 6.07) is 0. The number of halogens is 2. The molecule has 1 aliphatic rings. The van der Waals surface area contributed by atoms with Gasteiger partial charge in [-0.05, 0) is 0 Å². The zero-order chi connectivity index (χ0) is 7.78. The molecular weight excluding hydrogens is 146 g/mol. The zero-order valence-electron chi connectivity index (χ0n) is 5.01. The van der Waals surface area contributed by atoms with Crippen molar-refractivity contribution >= 4 is 5.97 Å². The van der Waals surface area contributed by atoms with Gasteiger partial charge >= 0.3 is 5.97 Å². The summed E-state index contributed by atoms with van der Waals surface area (Å²) < 4.78 is 29.0. The van der Waals surface area contributed by atoms with Crippen LogP contribution in [-0.4, -0.2) is 29.7 Å². The van der Waals surface area contributed by atoms with Gasteiger partial charge in [0.15, 0.2) is 0 Å². The molecule has 0 aromatic carbocycles. The van der Waals surface area contributed by atoms with Crippen molar-refractivity contribution in [2.45, 2.75) is 18.4 Å². The summed E-state index contributed by atoms with van der Waals surface area (Å²) in [6.45, 7) is -0.177. The van der Waals surface area contributed by atoms with Crippen LogP contribution in [0, 0.1) is 0 Å². The largest absolute Gasteiger partial charge is 0.479 e. The number of carboxylic acid groups (broad SMARTS) is 1. The van der Waals surface area contributed by atoms with Crippen LogP contribution in [0.15, 0.2) is 0 Å². The van der Waals surface area contributed by atoms with Crippen molar-refractivity contribution in [3.05, 3.63) is 0 Å². The minimum Gasteiger partial charge on any atom is -0.479 e. The molecule has 0 aromatic heterocycles. The molecule has 10 heavy (non-hydrogen) atoms. The number of hydrogen-bond acceptors (Lipinski definition) is 2. The number of rotatable bonds is 1. The van der Waals surface area contributed by atoms with Crippen LogP contribution in [0.5, 0.6) is 0 Å². The van der Waals surface area contributed by atoms with Crippen LogP contribution >= 0.6 is 0 Å². The van der Waals surface area contributed by atoms with Crippen LogP contribution in [0.1, 0.15) is 6.42 Å². The van der Waals surface area contributed by atoms with E-state index in [0.29, 0.717) is 0 Å². The highest BCUT2D eigenvalue weighted by atomic mass is 19.3. The zero-order valence-corrected chi connectivity index (χ0v) is 5.01. The van der Waals surface area contributed by atoms with Crippen molar-refractivity contribution in [1.82, 2.24) is 0 Å². The highest BCUT2D eigenvalue weighted by molar-refractivity contribution is 5.74. The van der Waals surface area contributed by atoms with E-state index in [-0.39, 0.29) is 6.61 Å². The number of alkyl halides is 2. The highest BCUT2D eigenvalue weighted by Gasteiger charge is 2.49. The van der Waals surface area contributed by atoms with Crippen LogP contribution in [0.4, 0.5) is 8.78 Å². The van der Waals surface area contributed by atoms with Gasteiger partial charge in [0.1, 0.15) is 0 Å². The average molecular weight is 152 g/mol. The standard InChI is InChI=1S/C5H6F2O3/c6-5(7)1-2-10-3(5)4(8)9/h3H,1-2H2,(H,8,9)/t3-/m1/s1. The van der Waals surface area contributed by atoms with E-state index in [1.54, 1.807) is 0 Å². The summed E-state index contributed by atoms with van der Waals surface area (Å²) >= 11 is 0. The number of carboxylic acids is 1. The second kappa shape index (κ2) is 2.16. The quantitative estimate of drug-likeness (QED) is 0.594. The highest BCUT2D eigenvalue weighted by Crippen LogP contribution is 2.31. The van der Waals surface area contributed by atoms with Crippen molar-refractivity contribution in [3.63, 3.8) is 0 Å². The van der Waals surface area contributed by atoms with Gasteiger partial charge in [0.05, 0.1) is 6.61 Å². The second-order valence-electron chi connectivity index (χ2n) is 2.10. The molecule has 58 valence electrons. The fraction of sp³-hybridized carbons (Fsp3) is 0.800. The number of hydrogen-bond donors (Lipinski definition) is 1. The second-order valence-corrected chi connectivity index (χ2v) is 2.10. The monoisotopic (exact) mass is 152 g/mol. The van der Waals surface area contributed by atoms with Crippen LogP contribution in [-0.2, 0) is 9.53 Å². The Kier molecular flexibility index (Phi) is 1.60. The Balaban J connectivity index is 2.68. The molecular formula is C5H6F2O3. The van der Waals surface area contributed by atoms with Crippen molar-refractivity contribution in [2.75, 3.05) is 6.61 Å². The fourth-order valence-electron chi connectivity index (χ4n) is 0.818. The minimum atomic E-state index is -3.19. The summed E-state index contributed by atoms with van der Waals surface area (Å²) in [5, 5.41) is 8.14. The lowest BCUT2D eigenvalue weighted by Crippen LogP contribution is -2.35. The first-order valence-corrected chi connectivity index (χ1v) is 2.76. The Morgan fingerprint density at radius 1 is 1.70 bits per heavy atom. The first-order chi connectivity index (χ1) is 4.54. The third-order valence-electron chi connectivity index (χ3n) is 1.33. The van der Waals surface area contributed by atoms with Gasteiger partial charge in [0.2, 0.25) is 6.10 Å². The predicted octanol–water partition coefficient (Wildman–Crippen LogP) is 0.495. The molecule has 0 amide bonds. The third kappa shape index (κ3) is 1.09. The van der Waals surface area contributed by atoms with Crippen LogP contribution < -0.4 is 0 Å². The third-order valence-corrected chi connectivity index (χ3v) is 1.33. The van der Waals surface area contributed by atoms with Gasteiger partial charge in [0.25, 0.3) is 5.92 Å². The van der Waals surface area contributed by atoms with E-state index < -0.39 is 24.4 Å². The lowest BCUT2D eigenvalue weighted by Gasteiger charge is -2.11. The Morgan fingerprint density at radius 2 is 2.30 bits per heavy atom. The van der Waals surface area contributed by atoms with Crippen molar-refractivity contribution < 1.29 is 23.4 Å². The van der Waals surface area contributed by atoms with Gasteiger partial charge in [-0.2, -0.15) is 0 Å². The molecule has 1 atom stereocenters. The molecule has 1 saturated heterocycles. The minimum absolute atomic E-state index is 0.177. The van der Waals surface area contributed by atoms with Gasteiger partial charge in [0, 0.05) is 6.42 Å². The molecule has 1 fully saturated rings. The molecule has 1 N–H and O–H groups in total. The molecule has 0 radical (unpaired) electrons. The van der Waals surface area contributed by atoms with E-state index in [9.17, 15) is 13.6 Å². The van der Waals surface area contributed by atoms with E-state index in [1.165, 1.54) is 0 Å². The van der Waals surface area contributed by atoms with E-state index in [4.69, 9.17) is 5.11 Å². The number of aliphatic carboxylic acids is 1. The first kappa shape index (κ1) is 7.40. The topological polar surface area (TPSA) is 46.5 Å². The Bertz CT molecular complexity index is 157. The van der Waals surface area contributed by atoms with Gasteiger partial charge < -0.3 is 9.84 Å². The van der Waals surface area contributed by atoms with E-state index in [1.807, 2.05) is 0 Å². The molecule has 3 nitrogen and oxygen atoms in total. The average Bonchev–Trinajstić information content (AvgIpc) is 2.08. The lowest BCUT2D eigenvalue weighted by molar-refractivity contribution is -0.161. The van der Waals surface area contributed by atoms with Crippen LogP contribution in [0.2, 0.25) is 0 Å². The summed E-state index contributed by atoms with van der Waals surface area (Å²) in [6.07, 6.45) is -2.43. The molecule has 0 aliphatic carbocycles. The Morgan fingerprint density at radius 3 is 2.50 bits per heavy atom. The first-order valence-electron chi connectivity index (χ1n) is 2.76. The van der Waals surface area contributed by atoms with E-state index >= 15 is 0 Å². The summed E-state index contributed by atoms with van der Waals surface area (Å²) in [5.74, 6) is -4.78. The fourth-order valence-corrected chi connectivity index (χ4v) is 0.818. The van der Waals surface area contributed by atoms with Gasteiger partial charge in [-0.15, -0.1) is 0 Å². The van der Waals surface area contributed by atoms with Crippen molar-refractivity contribution in [3.8, 4) is 0 Å². The maximum atomic E-state index is 12.4. The van der Waals surface area contributed by atoms with Crippen molar-refractivity contribution in [1.29, 1.82) is 0 Å². The summed E-state index contributed by atoms with van der Waals surface area (Å²) in [4.78, 5) is 10.0. The molecule has 0 spiro atoms. The maximum Gasteiger partial charge on any atom is 0.339 e. The molecule has 0 saturated carbocycles. The van der Waals surface area contributed by atoms with Crippen molar-refractivity contribution in [2.24, 2.45) is 0 Å². The molecule has 0 aromatic rings. The maximum absolute atomic E-state index is 12.4. The molecule has 1 rings (SSSR count).